The summed E-state index contributed by atoms with van der Waals surface area (Å²) in [7, 11) is 0. The maximum absolute atomic E-state index is 12.7. The fourth-order valence-electron chi connectivity index (χ4n) is 3.16. The van der Waals surface area contributed by atoms with E-state index >= 15 is 0 Å². The normalized spacial score (nSPS) is 10.3. The van der Waals surface area contributed by atoms with E-state index in [2.05, 4.69) is 5.32 Å². The van der Waals surface area contributed by atoms with E-state index in [-0.39, 0.29) is 17.2 Å². The number of rotatable bonds is 7. The third kappa shape index (κ3) is 5.86. The standard InChI is InChI=1S/C28H23NO4/c1-20-11-17-24(18-12-20)32-19-21-13-15-22(16-14-21)28(31)33-26-10-6-5-9-25(26)27(30)29-23-7-3-2-4-8-23/h2-18H,19H2,1H3,(H,29,30). The van der Waals surface area contributed by atoms with E-state index in [1.54, 1.807) is 48.5 Å². The highest BCUT2D eigenvalue weighted by Crippen LogP contribution is 2.21. The van der Waals surface area contributed by atoms with Gasteiger partial charge in [0.05, 0.1) is 11.1 Å². The number of carbonyl (C=O) groups excluding carboxylic acids is 2. The smallest absolute Gasteiger partial charge is 0.343 e. The predicted octanol–water partition coefficient (Wildman–Crippen LogP) is 6.05. The van der Waals surface area contributed by atoms with Gasteiger partial charge in [0.1, 0.15) is 18.1 Å². The van der Waals surface area contributed by atoms with Gasteiger partial charge in [-0.15, -0.1) is 0 Å². The molecule has 0 unspecified atom stereocenters. The van der Waals surface area contributed by atoms with E-state index in [0.29, 0.717) is 17.9 Å². The van der Waals surface area contributed by atoms with Crippen LogP contribution in [0.25, 0.3) is 0 Å². The van der Waals surface area contributed by atoms with Crippen molar-refractivity contribution >= 4 is 17.6 Å². The Kier molecular flexibility index (Phi) is 6.81. The van der Waals surface area contributed by atoms with E-state index in [0.717, 1.165) is 11.3 Å². The fraction of sp³-hybridized carbons (Fsp3) is 0.0714. The number of anilines is 1. The lowest BCUT2D eigenvalue weighted by atomic mass is 10.1. The summed E-state index contributed by atoms with van der Waals surface area (Å²) in [4.78, 5) is 25.4. The monoisotopic (exact) mass is 437 g/mol. The molecule has 0 saturated carbocycles. The second-order valence-electron chi connectivity index (χ2n) is 7.50. The van der Waals surface area contributed by atoms with E-state index in [9.17, 15) is 9.59 Å². The molecule has 0 saturated heterocycles. The summed E-state index contributed by atoms with van der Waals surface area (Å²) in [6.07, 6.45) is 0. The first-order valence-electron chi connectivity index (χ1n) is 10.5. The maximum atomic E-state index is 12.7. The highest BCUT2D eigenvalue weighted by Gasteiger charge is 2.16. The minimum absolute atomic E-state index is 0.197. The van der Waals surface area contributed by atoms with Gasteiger partial charge in [-0.3, -0.25) is 4.79 Å². The molecule has 0 radical (unpaired) electrons. The highest BCUT2D eigenvalue weighted by atomic mass is 16.5. The number of carbonyl (C=O) groups is 2. The molecule has 4 rings (SSSR count). The Morgan fingerprint density at radius 1 is 0.758 bits per heavy atom. The Morgan fingerprint density at radius 2 is 1.42 bits per heavy atom. The van der Waals surface area contributed by atoms with Crippen LogP contribution in [0.3, 0.4) is 0 Å². The predicted molar refractivity (Wildman–Crippen MR) is 128 cm³/mol. The van der Waals surface area contributed by atoms with Crippen molar-refractivity contribution in [3.63, 3.8) is 0 Å². The van der Waals surface area contributed by atoms with Gasteiger partial charge in [-0.1, -0.05) is 60.2 Å². The number of para-hydroxylation sites is 2. The van der Waals surface area contributed by atoms with Gasteiger partial charge in [-0.2, -0.15) is 0 Å². The molecule has 4 aromatic carbocycles. The van der Waals surface area contributed by atoms with Crippen LogP contribution in [0, 0.1) is 6.92 Å². The molecular formula is C28H23NO4. The number of hydrogen-bond acceptors (Lipinski definition) is 4. The van der Waals surface area contributed by atoms with Crippen molar-refractivity contribution in [1.82, 2.24) is 0 Å². The van der Waals surface area contributed by atoms with Gasteiger partial charge >= 0.3 is 5.97 Å². The largest absolute Gasteiger partial charge is 0.489 e. The molecule has 0 spiro atoms. The molecule has 1 amide bonds. The van der Waals surface area contributed by atoms with Gasteiger partial charge in [-0.05, 0) is 61.0 Å². The SMILES string of the molecule is Cc1ccc(OCc2ccc(C(=O)Oc3ccccc3C(=O)Nc3ccccc3)cc2)cc1. The molecule has 164 valence electrons. The van der Waals surface area contributed by atoms with Gasteiger partial charge in [-0.25, -0.2) is 4.79 Å². The number of aryl methyl sites for hydroxylation is 1. The second-order valence-corrected chi connectivity index (χ2v) is 7.50. The second kappa shape index (κ2) is 10.3. The van der Waals surface area contributed by atoms with Crippen molar-refractivity contribution in [3.05, 3.63) is 125 Å². The van der Waals surface area contributed by atoms with Crippen LogP contribution in [-0.2, 0) is 6.61 Å². The van der Waals surface area contributed by atoms with Gasteiger partial charge < -0.3 is 14.8 Å². The molecule has 5 heteroatoms. The van der Waals surface area contributed by atoms with Crippen LogP contribution in [0.15, 0.2) is 103 Å². The molecule has 5 nitrogen and oxygen atoms in total. The lowest BCUT2D eigenvalue weighted by Gasteiger charge is -2.11. The summed E-state index contributed by atoms with van der Waals surface area (Å²) >= 11 is 0. The van der Waals surface area contributed by atoms with Crippen LogP contribution >= 0.6 is 0 Å². The molecule has 4 aromatic rings. The van der Waals surface area contributed by atoms with Gasteiger partial charge in [0.25, 0.3) is 5.91 Å². The van der Waals surface area contributed by atoms with E-state index in [4.69, 9.17) is 9.47 Å². The van der Waals surface area contributed by atoms with Crippen molar-refractivity contribution < 1.29 is 19.1 Å². The van der Waals surface area contributed by atoms with Gasteiger partial charge in [0, 0.05) is 5.69 Å². The average Bonchev–Trinajstić information content (AvgIpc) is 2.85. The number of ether oxygens (including phenoxy) is 2. The summed E-state index contributed by atoms with van der Waals surface area (Å²) in [6.45, 7) is 2.41. The molecule has 0 aromatic heterocycles. The number of hydrogen-bond donors (Lipinski definition) is 1. The lowest BCUT2D eigenvalue weighted by Crippen LogP contribution is -2.16. The number of esters is 1. The molecule has 0 heterocycles. The first kappa shape index (κ1) is 21.8. The Morgan fingerprint density at radius 3 is 2.15 bits per heavy atom. The fourth-order valence-corrected chi connectivity index (χ4v) is 3.16. The summed E-state index contributed by atoms with van der Waals surface area (Å²) in [5.41, 5.74) is 3.41. The van der Waals surface area contributed by atoms with Crippen molar-refractivity contribution in [3.8, 4) is 11.5 Å². The quantitative estimate of drug-likeness (QED) is 0.283. The molecular weight excluding hydrogens is 414 g/mol. The van der Waals surface area contributed by atoms with Crippen molar-refractivity contribution in [2.45, 2.75) is 13.5 Å². The molecule has 0 fully saturated rings. The molecule has 0 aliphatic heterocycles. The zero-order chi connectivity index (χ0) is 23.0. The highest BCUT2D eigenvalue weighted by molar-refractivity contribution is 6.07. The minimum atomic E-state index is -0.541. The number of amides is 1. The van der Waals surface area contributed by atoms with Crippen molar-refractivity contribution in [2.24, 2.45) is 0 Å². The molecule has 0 aliphatic rings. The van der Waals surface area contributed by atoms with E-state index < -0.39 is 5.97 Å². The van der Waals surface area contributed by atoms with Crippen LogP contribution < -0.4 is 14.8 Å². The summed E-state index contributed by atoms with van der Waals surface area (Å²) in [6, 6.07) is 30.6. The third-order valence-electron chi connectivity index (χ3n) is 4.98. The van der Waals surface area contributed by atoms with Crippen LogP contribution in [0.5, 0.6) is 11.5 Å². The zero-order valence-corrected chi connectivity index (χ0v) is 18.2. The summed E-state index contributed by atoms with van der Waals surface area (Å²) < 4.78 is 11.3. The van der Waals surface area contributed by atoms with Crippen molar-refractivity contribution in [2.75, 3.05) is 5.32 Å². The first-order valence-corrected chi connectivity index (χ1v) is 10.5. The summed E-state index contributed by atoms with van der Waals surface area (Å²) in [5, 5.41) is 2.81. The Bertz CT molecular complexity index is 1230. The van der Waals surface area contributed by atoms with Crippen LogP contribution in [-0.4, -0.2) is 11.9 Å². The number of benzene rings is 4. The van der Waals surface area contributed by atoms with Gasteiger partial charge in [0.2, 0.25) is 0 Å². The van der Waals surface area contributed by atoms with Gasteiger partial charge in [0.15, 0.2) is 0 Å². The van der Waals surface area contributed by atoms with Crippen LogP contribution in [0.4, 0.5) is 5.69 Å². The average molecular weight is 437 g/mol. The van der Waals surface area contributed by atoms with Crippen LogP contribution in [0.2, 0.25) is 0 Å². The Hall–Kier alpha value is -4.38. The van der Waals surface area contributed by atoms with Crippen molar-refractivity contribution in [1.29, 1.82) is 0 Å². The number of nitrogens with one attached hydrogen (secondary N) is 1. The molecule has 0 aliphatic carbocycles. The first-order chi connectivity index (χ1) is 16.1. The lowest BCUT2D eigenvalue weighted by molar-refractivity contribution is 0.0733. The van der Waals surface area contributed by atoms with E-state index in [1.165, 1.54) is 5.56 Å². The molecule has 0 atom stereocenters. The zero-order valence-electron chi connectivity index (χ0n) is 18.2. The Balaban J connectivity index is 1.40. The summed E-state index contributed by atoms with van der Waals surface area (Å²) in [5.74, 6) is 0.0892. The van der Waals surface area contributed by atoms with Crippen LogP contribution in [0.1, 0.15) is 31.8 Å². The third-order valence-corrected chi connectivity index (χ3v) is 4.98. The molecule has 0 bridgehead atoms. The molecule has 1 N–H and O–H groups in total. The molecule has 33 heavy (non-hydrogen) atoms. The minimum Gasteiger partial charge on any atom is -0.489 e. The van der Waals surface area contributed by atoms with E-state index in [1.807, 2.05) is 61.5 Å². The maximum Gasteiger partial charge on any atom is 0.343 e. The topological polar surface area (TPSA) is 64.6 Å². The Labute approximate surface area is 192 Å².